The molecule has 1 aliphatic heterocycles. The second-order valence-corrected chi connectivity index (χ2v) is 6.73. The molecule has 4 rings (SSSR count). The highest BCUT2D eigenvalue weighted by Gasteiger charge is 2.55. The van der Waals surface area contributed by atoms with Crippen molar-refractivity contribution in [2.75, 3.05) is 0 Å². The van der Waals surface area contributed by atoms with Gasteiger partial charge in [-0.2, -0.15) is 5.06 Å². The minimum Gasteiger partial charge on any atom is -0.312 e. The SMILES string of the molecule is CC1(c2ccccc2)c2ccccc2C(C)(c2ccccc2)N1O. The minimum absolute atomic E-state index is 0.595. The summed E-state index contributed by atoms with van der Waals surface area (Å²) in [6.45, 7) is 4.19. The zero-order chi connectivity index (χ0) is 16.8. The van der Waals surface area contributed by atoms with Crippen LogP contribution in [0.2, 0.25) is 0 Å². The fourth-order valence-electron chi connectivity index (χ4n) is 4.09. The van der Waals surface area contributed by atoms with Crippen LogP contribution in [0.5, 0.6) is 0 Å². The Balaban J connectivity index is 2.01. The van der Waals surface area contributed by atoms with Crippen molar-refractivity contribution in [1.82, 2.24) is 5.06 Å². The van der Waals surface area contributed by atoms with Crippen molar-refractivity contribution in [2.45, 2.75) is 24.9 Å². The normalized spacial score (nSPS) is 26.3. The summed E-state index contributed by atoms with van der Waals surface area (Å²) in [6.07, 6.45) is 0. The third kappa shape index (κ3) is 1.84. The van der Waals surface area contributed by atoms with Crippen LogP contribution in [0.25, 0.3) is 0 Å². The quantitative estimate of drug-likeness (QED) is 0.725. The molecule has 120 valence electrons. The van der Waals surface area contributed by atoms with Gasteiger partial charge in [-0.1, -0.05) is 84.9 Å². The number of hydroxylamine groups is 2. The Labute approximate surface area is 143 Å². The van der Waals surface area contributed by atoms with Crippen molar-refractivity contribution in [2.24, 2.45) is 0 Å². The summed E-state index contributed by atoms with van der Waals surface area (Å²) in [7, 11) is 0. The van der Waals surface area contributed by atoms with Crippen LogP contribution in [0.3, 0.4) is 0 Å². The van der Waals surface area contributed by atoms with Gasteiger partial charge in [0.2, 0.25) is 0 Å². The molecule has 0 aliphatic carbocycles. The van der Waals surface area contributed by atoms with Crippen LogP contribution < -0.4 is 0 Å². The summed E-state index contributed by atoms with van der Waals surface area (Å²) in [5.74, 6) is 0. The summed E-state index contributed by atoms with van der Waals surface area (Å²) in [4.78, 5) is 0. The van der Waals surface area contributed by atoms with E-state index in [9.17, 15) is 5.21 Å². The van der Waals surface area contributed by atoms with Gasteiger partial charge in [-0.3, -0.25) is 0 Å². The van der Waals surface area contributed by atoms with E-state index in [2.05, 4.69) is 50.2 Å². The van der Waals surface area contributed by atoms with Crippen LogP contribution in [-0.2, 0) is 11.1 Å². The van der Waals surface area contributed by atoms with Gasteiger partial charge in [-0.15, -0.1) is 0 Å². The Morgan fingerprint density at radius 1 is 0.583 bits per heavy atom. The molecule has 3 aromatic carbocycles. The van der Waals surface area contributed by atoms with Crippen molar-refractivity contribution in [3.8, 4) is 0 Å². The lowest BCUT2D eigenvalue weighted by atomic mass is 9.83. The summed E-state index contributed by atoms with van der Waals surface area (Å²) in [5.41, 5.74) is 3.26. The van der Waals surface area contributed by atoms with E-state index in [0.717, 1.165) is 22.3 Å². The Morgan fingerprint density at radius 3 is 1.29 bits per heavy atom. The van der Waals surface area contributed by atoms with E-state index < -0.39 is 11.1 Å². The van der Waals surface area contributed by atoms with Crippen LogP contribution in [0.1, 0.15) is 36.1 Å². The largest absolute Gasteiger partial charge is 0.312 e. The molecule has 0 radical (unpaired) electrons. The third-order valence-corrected chi connectivity index (χ3v) is 5.49. The van der Waals surface area contributed by atoms with Crippen LogP contribution in [0.4, 0.5) is 0 Å². The third-order valence-electron chi connectivity index (χ3n) is 5.49. The summed E-state index contributed by atoms with van der Waals surface area (Å²) in [6, 6.07) is 28.8. The molecule has 0 fully saturated rings. The fourth-order valence-corrected chi connectivity index (χ4v) is 4.09. The van der Waals surface area contributed by atoms with Gasteiger partial charge in [0.15, 0.2) is 0 Å². The van der Waals surface area contributed by atoms with Gasteiger partial charge >= 0.3 is 0 Å². The maximum atomic E-state index is 11.4. The van der Waals surface area contributed by atoms with Gasteiger partial charge in [0.25, 0.3) is 0 Å². The van der Waals surface area contributed by atoms with Crippen LogP contribution >= 0.6 is 0 Å². The van der Waals surface area contributed by atoms with Crippen molar-refractivity contribution in [3.05, 3.63) is 107 Å². The first-order valence-electron chi connectivity index (χ1n) is 8.30. The molecule has 2 heteroatoms. The van der Waals surface area contributed by atoms with E-state index in [0.29, 0.717) is 0 Å². The average molecular weight is 315 g/mol. The molecule has 0 amide bonds. The lowest BCUT2D eigenvalue weighted by Crippen LogP contribution is -2.47. The predicted octanol–water partition coefficient (Wildman–Crippen LogP) is 4.92. The molecule has 2 nitrogen and oxygen atoms in total. The molecule has 0 saturated heterocycles. The molecule has 0 bridgehead atoms. The topological polar surface area (TPSA) is 23.5 Å². The highest BCUT2D eigenvalue weighted by atomic mass is 16.5. The van der Waals surface area contributed by atoms with Gasteiger partial charge < -0.3 is 5.21 Å². The van der Waals surface area contributed by atoms with Gasteiger partial charge in [-0.25, -0.2) is 0 Å². The summed E-state index contributed by atoms with van der Waals surface area (Å²) < 4.78 is 0. The molecule has 0 spiro atoms. The molecule has 2 atom stereocenters. The molecule has 1 heterocycles. The molecule has 0 saturated carbocycles. The first-order chi connectivity index (χ1) is 11.6. The molecule has 3 aromatic rings. The average Bonchev–Trinajstić information content (AvgIpc) is 2.84. The molecule has 1 N–H and O–H groups in total. The van der Waals surface area contributed by atoms with Crippen LogP contribution in [0.15, 0.2) is 84.9 Å². The number of nitrogens with zero attached hydrogens (tertiary/aromatic N) is 1. The first kappa shape index (κ1) is 15.1. The van der Waals surface area contributed by atoms with Gasteiger partial charge in [0.05, 0.1) is 11.1 Å². The standard InChI is InChI=1S/C22H21NO/c1-21(17-11-5-3-6-12-17)19-15-9-10-16-20(19)22(2,23(21)24)18-13-7-4-8-14-18/h3-16,24H,1-2H3. The van der Waals surface area contributed by atoms with E-state index in [1.54, 1.807) is 0 Å². The number of hydrogen-bond donors (Lipinski definition) is 1. The van der Waals surface area contributed by atoms with Crippen LogP contribution in [0, 0.1) is 0 Å². The maximum absolute atomic E-state index is 11.4. The van der Waals surface area contributed by atoms with Crippen molar-refractivity contribution in [1.29, 1.82) is 0 Å². The molecular formula is C22H21NO. The smallest absolute Gasteiger partial charge is 0.0947 e. The maximum Gasteiger partial charge on any atom is 0.0947 e. The second kappa shape index (κ2) is 5.30. The Kier molecular flexibility index (Phi) is 3.34. The van der Waals surface area contributed by atoms with Crippen molar-refractivity contribution in [3.63, 3.8) is 0 Å². The minimum atomic E-state index is -0.595. The molecular weight excluding hydrogens is 294 g/mol. The molecule has 24 heavy (non-hydrogen) atoms. The fraction of sp³-hybridized carbons (Fsp3) is 0.182. The molecule has 0 aromatic heterocycles. The van der Waals surface area contributed by atoms with Crippen LogP contribution in [-0.4, -0.2) is 10.3 Å². The van der Waals surface area contributed by atoms with Crippen molar-refractivity contribution < 1.29 is 5.21 Å². The van der Waals surface area contributed by atoms with E-state index >= 15 is 0 Å². The number of fused-ring (bicyclic) bond motifs is 1. The van der Waals surface area contributed by atoms with E-state index in [1.165, 1.54) is 5.06 Å². The zero-order valence-electron chi connectivity index (χ0n) is 14.0. The Hall–Kier alpha value is -2.42. The number of benzene rings is 3. The predicted molar refractivity (Wildman–Crippen MR) is 95.9 cm³/mol. The van der Waals surface area contributed by atoms with E-state index in [-0.39, 0.29) is 0 Å². The highest BCUT2D eigenvalue weighted by molar-refractivity contribution is 5.54. The molecule has 1 aliphatic rings. The highest BCUT2D eigenvalue weighted by Crippen LogP contribution is 2.54. The lowest BCUT2D eigenvalue weighted by Gasteiger charge is -2.40. The summed E-state index contributed by atoms with van der Waals surface area (Å²) in [5, 5.41) is 13.0. The van der Waals surface area contributed by atoms with Gasteiger partial charge in [0.1, 0.15) is 0 Å². The number of hydrogen-bond acceptors (Lipinski definition) is 2. The first-order valence-corrected chi connectivity index (χ1v) is 8.30. The number of rotatable bonds is 2. The summed E-state index contributed by atoms with van der Waals surface area (Å²) >= 11 is 0. The lowest BCUT2D eigenvalue weighted by molar-refractivity contribution is -0.201. The van der Waals surface area contributed by atoms with Crippen molar-refractivity contribution >= 4 is 0 Å². The van der Waals surface area contributed by atoms with Gasteiger partial charge in [0, 0.05) is 0 Å². The van der Waals surface area contributed by atoms with E-state index in [4.69, 9.17) is 0 Å². The molecule has 2 unspecified atom stereocenters. The monoisotopic (exact) mass is 315 g/mol. The Morgan fingerprint density at radius 2 is 0.917 bits per heavy atom. The van der Waals surface area contributed by atoms with Gasteiger partial charge in [-0.05, 0) is 36.1 Å². The van der Waals surface area contributed by atoms with E-state index in [1.807, 2.05) is 48.5 Å². The zero-order valence-corrected chi connectivity index (χ0v) is 14.0. The second-order valence-electron chi connectivity index (χ2n) is 6.73. The Bertz CT molecular complexity index is 789.